The summed E-state index contributed by atoms with van der Waals surface area (Å²) in [6.07, 6.45) is 0. The van der Waals surface area contributed by atoms with E-state index < -0.39 is 0 Å². The number of anilines is 3. The minimum absolute atomic E-state index is 0.173. The van der Waals surface area contributed by atoms with Crippen LogP contribution in [-0.2, 0) is 5.41 Å². The highest BCUT2D eigenvalue weighted by Crippen LogP contribution is 2.54. The summed E-state index contributed by atoms with van der Waals surface area (Å²) < 4.78 is 0. The highest BCUT2D eigenvalue weighted by atomic mass is 15.2. The Morgan fingerprint density at radius 2 is 1.03 bits per heavy atom. The van der Waals surface area contributed by atoms with Gasteiger partial charge < -0.3 is 14.9 Å². The van der Waals surface area contributed by atoms with E-state index in [-0.39, 0.29) is 5.41 Å². The molecule has 0 saturated heterocycles. The molecule has 7 aromatic rings. The van der Waals surface area contributed by atoms with Crippen molar-refractivity contribution in [2.75, 3.05) is 4.90 Å². The third-order valence-electron chi connectivity index (χ3n) is 8.09. The van der Waals surface area contributed by atoms with Crippen LogP contribution in [0.3, 0.4) is 0 Å². The molecule has 0 spiro atoms. The van der Waals surface area contributed by atoms with E-state index in [0.717, 1.165) is 0 Å². The van der Waals surface area contributed by atoms with Gasteiger partial charge in [-0.05, 0) is 59.7 Å². The third-order valence-corrected chi connectivity index (χ3v) is 8.09. The number of rotatable bonds is 1. The molecule has 36 heavy (non-hydrogen) atoms. The normalized spacial score (nSPS) is 14.6. The quantitative estimate of drug-likeness (QED) is 0.250. The SMILES string of the molecule is CC1(C)c2cc3[nH]c4ccccc4c3cc2N(c2ccccc2)c2cc3[nH]c4ccccc4c3cc21. The van der Waals surface area contributed by atoms with E-state index in [1.807, 2.05) is 0 Å². The van der Waals surface area contributed by atoms with Crippen LogP contribution in [-0.4, -0.2) is 9.97 Å². The van der Waals surface area contributed by atoms with Gasteiger partial charge in [0.05, 0.1) is 11.4 Å². The van der Waals surface area contributed by atoms with E-state index >= 15 is 0 Å². The summed E-state index contributed by atoms with van der Waals surface area (Å²) in [5, 5.41) is 5.07. The van der Waals surface area contributed by atoms with Crippen LogP contribution in [0.15, 0.2) is 103 Å². The fourth-order valence-corrected chi connectivity index (χ4v) is 6.27. The van der Waals surface area contributed by atoms with Crippen molar-refractivity contribution < 1.29 is 0 Å². The first kappa shape index (κ1) is 19.8. The van der Waals surface area contributed by atoms with Crippen molar-refractivity contribution in [1.82, 2.24) is 9.97 Å². The van der Waals surface area contributed by atoms with Crippen molar-refractivity contribution in [3.63, 3.8) is 0 Å². The standard InChI is InChI=1S/C33H25N3/c1-33(2)25-16-23-21-12-6-8-14-27(21)35-30(23)19-32(25)36(20-10-4-3-5-11-20)31-17-24-22-13-7-9-15-28(22)34-29(24)18-26(31)33/h3-19,34-35H,1-2H3. The van der Waals surface area contributed by atoms with Crippen LogP contribution in [0.4, 0.5) is 17.1 Å². The van der Waals surface area contributed by atoms with Crippen LogP contribution in [0, 0.1) is 0 Å². The number of fused-ring (bicyclic) bond motifs is 8. The van der Waals surface area contributed by atoms with E-state index in [4.69, 9.17) is 0 Å². The van der Waals surface area contributed by atoms with Gasteiger partial charge in [0.2, 0.25) is 0 Å². The number of para-hydroxylation sites is 3. The molecule has 3 heterocycles. The lowest BCUT2D eigenvalue weighted by atomic mass is 9.73. The van der Waals surface area contributed by atoms with Crippen molar-refractivity contribution in [1.29, 1.82) is 0 Å². The molecule has 0 unspecified atom stereocenters. The van der Waals surface area contributed by atoms with E-state index in [2.05, 4.69) is 132 Å². The number of nitrogens with one attached hydrogen (secondary N) is 2. The van der Waals surface area contributed by atoms with Crippen molar-refractivity contribution in [2.45, 2.75) is 19.3 Å². The molecule has 172 valence electrons. The second-order valence-corrected chi connectivity index (χ2v) is 10.5. The summed E-state index contributed by atoms with van der Waals surface area (Å²) in [4.78, 5) is 9.79. The summed E-state index contributed by atoms with van der Waals surface area (Å²) in [5.41, 5.74) is 10.9. The zero-order chi connectivity index (χ0) is 24.0. The first-order valence-electron chi connectivity index (χ1n) is 12.5. The molecule has 0 amide bonds. The van der Waals surface area contributed by atoms with Crippen molar-refractivity contribution in [3.05, 3.63) is 114 Å². The first-order valence-corrected chi connectivity index (χ1v) is 12.5. The molecule has 0 radical (unpaired) electrons. The largest absolute Gasteiger partial charge is 0.354 e. The molecule has 0 saturated carbocycles. The number of nitrogens with zero attached hydrogens (tertiary/aromatic N) is 1. The van der Waals surface area contributed by atoms with Crippen molar-refractivity contribution in [3.8, 4) is 0 Å². The monoisotopic (exact) mass is 463 g/mol. The van der Waals surface area contributed by atoms with Gasteiger partial charge in [-0.15, -0.1) is 0 Å². The van der Waals surface area contributed by atoms with Crippen LogP contribution >= 0.6 is 0 Å². The van der Waals surface area contributed by atoms with Gasteiger partial charge in [0.15, 0.2) is 0 Å². The van der Waals surface area contributed by atoms with Crippen molar-refractivity contribution in [2.24, 2.45) is 0 Å². The number of hydrogen-bond acceptors (Lipinski definition) is 1. The Bertz CT molecular complexity index is 1970. The fraction of sp³-hybridized carbons (Fsp3) is 0.0909. The molecule has 0 fully saturated rings. The van der Waals surface area contributed by atoms with Gasteiger partial charge in [0, 0.05) is 54.7 Å². The molecule has 1 aliphatic rings. The van der Waals surface area contributed by atoms with Crippen LogP contribution in [0.5, 0.6) is 0 Å². The van der Waals surface area contributed by atoms with Gasteiger partial charge in [-0.2, -0.15) is 0 Å². The Kier molecular flexibility index (Phi) is 3.73. The molecule has 3 heteroatoms. The molecule has 0 atom stereocenters. The lowest BCUT2D eigenvalue weighted by molar-refractivity contribution is 0.634. The zero-order valence-corrected chi connectivity index (χ0v) is 20.3. The predicted molar refractivity (Wildman–Crippen MR) is 152 cm³/mol. The number of aromatic nitrogens is 2. The Morgan fingerprint density at radius 1 is 0.500 bits per heavy atom. The maximum Gasteiger partial charge on any atom is 0.0523 e. The molecule has 3 nitrogen and oxygen atoms in total. The molecular weight excluding hydrogens is 438 g/mol. The summed E-state index contributed by atoms with van der Waals surface area (Å²) in [7, 11) is 0. The maximum atomic E-state index is 3.67. The number of hydrogen-bond donors (Lipinski definition) is 2. The second kappa shape index (κ2) is 6.79. The molecule has 0 aliphatic carbocycles. The molecule has 0 bridgehead atoms. The van der Waals surface area contributed by atoms with E-state index in [1.54, 1.807) is 0 Å². The first-order chi connectivity index (χ1) is 17.6. The predicted octanol–water partition coefficient (Wildman–Crippen LogP) is 9.06. The number of H-pyrrole nitrogens is 2. The van der Waals surface area contributed by atoms with E-state index in [1.165, 1.54) is 71.8 Å². The molecule has 5 aromatic carbocycles. The molecule has 1 aliphatic heterocycles. The summed E-state index contributed by atoms with van der Waals surface area (Å²) in [5.74, 6) is 0. The number of aromatic amines is 2. The van der Waals surface area contributed by atoms with Gasteiger partial charge in [0.1, 0.15) is 0 Å². The van der Waals surface area contributed by atoms with Gasteiger partial charge in [-0.25, -0.2) is 0 Å². The maximum absolute atomic E-state index is 3.67. The summed E-state index contributed by atoms with van der Waals surface area (Å²) >= 11 is 0. The minimum atomic E-state index is -0.173. The zero-order valence-electron chi connectivity index (χ0n) is 20.3. The van der Waals surface area contributed by atoms with Crippen LogP contribution < -0.4 is 4.90 Å². The molecule has 2 N–H and O–H groups in total. The highest BCUT2D eigenvalue weighted by Gasteiger charge is 2.38. The summed E-state index contributed by atoms with van der Waals surface area (Å²) in [6.45, 7) is 4.73. The Labute approximate surface area is 209 Å². The third kappa shape index (κ3) is 2.52. The average Bonchev–Trinajstić information content (AvgIpc) is 3.45. The molecular formula is C33H25N3. The van der Waals surface area contributed by atoms with E-state index in [0.29, 0.717) is 0 Å². The van der Waals surface area contributed by atoms with Gasteiger partial charge in [-0.3, -0.25) is 0 Å². The lowest BCUT2D eigenvalue weighted by Gasteiger charge is -2.42. The Morgan fingerprint density at radius 3 is 1.72 bits per heavy atom. The van der Waals surface area contributed by atoms with Gasteiger partial charge >= 0.3 is 0 Å². The smallest absolute Gasteiger partial charge is 0.0523 e. The van der Waals surface area contributed by atoms with Crippen LogP contribution in [0.2, 0.25) is 0 Å². The highest BCUT2D eigenvalue weighted by molar-refractivity contribution is 6.12. The average molecular weight is 464 g/mol. The Hall–Kier alpha value is -4.50. The van der Waals surface area contributed by atoms with Crippen LogP contribution in [0.25, 0.3) is 43.6 Å². The van der Waals surface area contributed by atoms with Gasteiger partial charge in [0.25, 0.3) is 0 Å². The number of benzene rings is 5. The minimum Gasteiger partial charge on any atom is -0.354 e. The van der Waals surface area contributed by atoms with E-state index in [9.17, 15) is 0 Å². The Balaban J connectivity index is 1.51. The fourth-order valence-electron chi connectivity index (χ4n) is 6.27. The second-order valence-electron chi connectivity index (χ2n) is 10.5. The van der Waals surface area contributed by atoms with Crippen LogP contribution in [0.1, 0.15) is 25.0 Å². The summed E-state index contributed by atoms with van der Waals surface area (Å²) in [6, 6.07) is 37.5. The molecule has 2 aromatic heterocycles. The van der Waals surface area contributed by atoms with Crippen molar-refractivity contribution >= 4 is 60.7 Å². The molecule has 8 rings (SSSR count). The topological polar surface area (TPSA) is 34.8 Å². The van der Waals surface area contributed by atoms with Gasteiger partial charge in [-0.1, -0.05) is 68.4 Å². The lowest BCUT2D eigenvalue weighted by Crippen LogP contribution is -2.30.